The Bertz CT molecular complexity index is 150. The van der Waals surface area contributed by atoms with Crippen LogP contribution in [-0.4, -0.2) is 12.2 Å². The van der Waals surface area contributed by atoms with Gasteiger partial charge in [-0.3, -0.25) is 0 Å². The van der Waals surface area contributed by atoms with Crippen LogP contribution in [0.25, 0.3) is 0 Å². The predicted octanol–water partition coefficient (Wildman–Crippen LogP) is 1.14. The fourth-order valence-electron chi connectivity index (χ4n) is 0.512. The Hall–Kier alpha value is -0.880. The molecule has 0 radical (unpaired) electrons. The van der Waals surface area contributed by atoms with Crippen molar-refractivity contribution in [3.63, 3.8) is 0 Å². The van der Waals surface area contributed by atoms with Gasteiger partial charge >= 0.3 is 0 Å². The average molecular weight is 142 g/mol. The van der Waals surface area contributed by atoms with Gasteiger partial charge in [0, 0.05) is 0 Å². The van der Waals surface area contributed by atoms with E-state index < -0.39 is 12.2 Å². The molecule has 0 aromatic rings. The molecular weight excluding hydrogens is 131 g/mol. The zero-order valence-electron chi connectivity index (χ0n) is 5.81. The van der Waals surface area contributed by atoms with E-state index in [1.807, 2.05) is 0 Å². The Balaban J connectivity index is 3.83. The van der Waals surface area contributed by atoms with Crippen LogP contribution >= 0.6 is 0 Å². The molecule has 0 spiro atoms. The normalized spacial score (nSPS) is 15.3. The molecule has 56 valence electrons. The molecule has 3 heteroatoms. The van der Waals surface area contributed by atoms with Crippen molar-refractivity contribution in [2.24, 2.45) is 5.73 Å². The van der Waals surface area contributed by atoms with E-state index in [4.69, 9.17) is 11.0 Å². The Labute approximate surface area is 60.1 Å². The van der Waals surface area contributed by atoms with Crippen LogP contribution in [0.4, 0.5) is 4.39 Å². The zero-order valence-corrected chi connectivity index (χ0v) is 5.81. The van der Waals surface area contributed by atoms with E-state index in [2.05, 4.69) is 6.58 Å². The number of nitrogens with zero attached hydrogens (tertiary/aromatic N) is 1. The molecule has 1 unspecified atom stereocenters. The quantitative estimate of drug-likeness (QED) is 0.598. The first-order chi connectivity index (χ1) is 4.68. The van der Waals surface area contributed by atoms with Crippen LogP contribution in [0.2, 0.25) is 0 Å². The topological polar surface area (TPSA) is 49.8 Å². The van der Waals surface area contributed by atoms with Crippen molar-refractivity contribution in [1.29, 1.82) is 5.26 Å². The van der Waals surface area contributed by atoms with E-state index in [1.165, 1.54) is 0 Å². The summed E-state index contributed by atoms with van der Waals surface area (Å²) in [5.74, 6) is 0. The Morgan fingerprint density at radius 1 is 1.80 bits per heavy atom. The van der Waals surface area contributed by atoms with Gasteiger partial charge in [0.25, 0.3) is 0 Å². The number of rotatable bonds is 4. The summed E-state index contributed by atoms with van der Waals surface area (Å²) >= 11 is 0. The fourth-order valence-corrected chi connectivity index (χ4v) is 0.512. The van der Waals surface area contributed by atoms with E-state index >= 15 is 0 Å². The van der Waals surface area contributed by atoms with E-state index in [1.54, 1.807) is 12.1 Å². The van der Waals surface area contributed by atoms with Gasteiger partial charge in [-0.2, -0.15) is 5.26 Å². The Kier molecular flexibility index (Phi) is 3.67. The molecule has 1 atom stereocenters. The highest BCUT2D eigenvalue weighted by Gasteiger charge is 2.22. The second kappa shape index (κ2) is 4.02. The molecule has 0 aliphatic carbocycles. The van der Waals surface area contributed by atoms with Crippen molar-refractivity contribution < 1.29 is 4.39 Å². The number of nitrogens with two attached hydrogens (primary N) is 1. The van der Waals surface area contributed by atoms with Gasteiger partial charge in [-0.15, -0.1) is 6.58 Å². The van der Waals surface area contributed by atoms with Gasteiger partial charge in [-0.1, -0.05) is 6.08 Å². The zero-order chi connectivity index (χ0) is 8.04. The minimum absolute atomic E-state index is 0.337. The third-order valence-corrected chi connectivity index (χ3v) is 1.26. The van der Waals surface area contributed by atoms with Crippen molar-refractivity contribution in [3.05, 3.63) is 12.7 Å². The number of alkyl halides is 1. The number of hydrogen-bond donors (Lipinski definition) is 1. The highest BCUT2D eigenvalue weighted by Crippen LogP contribution is 2.08. The summed E-state index contributed by atoms with van der Waals surface area (Å²) in [7, 11) is 0. The lowest BCUT2D eigenvalue weighted by Crippen LogP contribution is -2.40. The minimum Gasteiger partial charge on any atom is -0.311 e. The van der Waals surface area contributed by atoms with Crippen LogP contribution in [0.1, 0.15) is 12.8 Å². The van der Waals surface area contributed by atoms with Crippen molar-refractivity contribution >= 4 is 0 Å². The van der Waals surface area contributed by atoms with E-state index in [0.29, 0.717) is 12.8 Å². The molecule has 0 rings (SSSR count). The monoisotopic (exact) mass is 142 g/mol. The van der Waals surface area contributed by atoms with Gasteiger partial charge in [-0.05, 0) is 12.8 Å². The molecule has 0 bridgehead atoms. The third-order valence-electron chi connectivity index (χ3n) is 1.26. The Morgan fingerprint density at radius 3 is 2.70 bits per heavy atom. The summed E-state index contributed by atoms with van der Waals surface area (Å²) in [5.41, 5.74) is 4.00. The summed E-state index contributed by atoms with van der Waals surface area (Å²) in [4.78, 5) is 0. The van der Waals surface area contributed by atoms with Crippen molar-refractivity contribution in [1.82, 2.24) is 0 Å². The molecule has 10 heavy (non-hydrogen) atoms. The highest BCUT2D eigenvalue weighted by molar-refractivity contribution is 5.05. The van der Waals surface area contributed by atoms with Crippen LogP contribution in [-0.2, 0) is 0 Å². The maximum absolute atomic E-state index is 12.0. The van der Waals surface area contributed by atoms with Gasteiger partial charge in [0.1, 0.15) is 12.2 Å². The third kappa shape index (κ3) is 2.60. The van der Waals surface area contributed by atoms with E-state index in [0.717, 1.165) is 0 Å². The number of allylic oxidation sites excluding steroid dienone is 1. The molecule has 0 saturated heterocycles. The summed E-state index contributed by atoms with van der Waals surface area (Å²) < 4.78 is 12.0. The van der Waals surface area contributed by atoms with Crippen LogP contribution in [0.15, 0.2) is 12.7 Å². The maximum Gasteiger partial charge on any atom is 0.133 e. The summed E-state index contributed by atoms with van der Waals surface area (Å²) in [6.45, 7) is 2.65. The molecular formula is C7H11FN2. The van der Waals surface area contributed by atoms with E-state index in [9.17, 15) is 4.39 Å². The molecule has 2 N–H and O–H groups in total. The van der Waals surface area contributed by atoms with Gasteiger partial charge in [0.15, 0.2) is 0 Å². The molecule has 0 fully saturated rings. The first-order valence-electron chi connectivity index (χ1n) is 3.05. The Morgan fingerprint density at radius 2 is 2.40 bits per heavy atom. The molecule has 0 aliphatic heterocycles. The summed E-state index contributed by atoms with van der Waals surface area (Å²) in [6, 6.07) is 1.72. The fraction of sp³-hybridized carbons (Fsp3) is 0.571. The average Bonchev–Trinajstić information content (AvgIpc) is 2.00. The van der Waals surface area contributed by atoms with Crippen LogP contribution in [0.5, 0.6) is 0 Å². The second-order valence-electron chi connectivity index (χ2n) is 2.23. The molecule has 0 aliphatic rings. The maximum atomic E-state index is 12.0. The molecule has 0 aromatic carbocycles. The lowest BCUT2D eigenvalue weighted by Gasteiger charge is -2.14. The molecule has 0 amide bonds. The number of hydrogen-bond acceptors (Lipinski definition) is 2. The minimum atomic E-state index is -1.30. The summed E-state index contributed by atoms with van der Waals surface area (Å²) in [5, 5.41) is 8.36. The smallest absolute Gasteiger partial charge is 0.133 e. The van der Waals surface area contributed by atoms with E-state index in [-0.39, 0.29) is 0 Å². The van der Waals surface area contributed by atoms with Crippen LogP contribution in [0.3, 0.4) is 0 Å². The first kappa shape index (κ1) is 9.12. The number of halogens is 1. The molecule has 0 saturated carbocycles. The van der Waals surface area contributed by atoms with Gasteiger partial charge in [-0.25, -0.2) is 4.39 Å². The lowest BCUT2D eigenvalue weighted by atomic mass is 9.98. The van der Waals surface area contributed by atoms with Gasteiger partial charge < -0.3 is 5.73 Å². The van der Waals surface area contributed by atoms with Crippen LogP contribution in [0, 0.1) is 11.3 Å². The predicted molar refractivity (Wildman–Crippen MR) is 37.9 cm³/mol. The number of nitriles is 1. The van der Waals surface area contributed by atoms with Crippen LogP contribution < -0.4 is 5.73 Å². The molecule has 0 aromatic heterocycles. The first-order valence-corrected chi connectivity index (χ1v) is 3.05. The molecule has 2 nitrogen and oxygen atoms in total. The summed E-state index contributed by atoms with van der Waals surface area (Å²) in [6.07, 6.45) is 2.53. The largest absolute Gasteiger partial charge is 0.311 e. The van der Waals surface area contributed by atoms with Crippen molar-refractivity contribution in [3.8, 4) is 6.07 Å². The SMILES string of the molecule is C=CCCC(N)(C#N)CF. The standard InChI is InChI=1S/C7H11FN2/c1-2-3-4-7(10,5-8)6-9/h2H,1,3-5,10H2. The second-order valence-corrected chi connectivity index (χ2v) is 2.23. The highest BCUT2D eigenvalue weighted by atomic mass is 19.1. The molecule has 0 heterocycles. The van der Waals surface area contributed by atoms with Crippen molar-refractivity contribution in [2.75, 3.05) is 6.67 Å². The van der Waals surface area contributed by atoms with Gasteiger partial charge in [0.05, 0.1) is 6.07 Å². The lowest BCUT2D eigenvalue weighted by molar-refractivity contribution is 0.353. The van der Waals surface area contributed by atoms with Gasteiger partial charge in [0.2, 0.25) is 0 Å². The van der Waals surface area contributed by atoms with Crippen molar-refractivity contribution in [2.45, 2.75) is 18.4 Å².